The average molecular weight is 431 g/mol. The summed E-state index contributed by atoms with van der Waals surface area (Å²) in [7, 11) is 0. The second-order valence-corrected chi connectivity index (χ2v) is 9.45. The molecule has 1 aromatic heterocycles. The van der Waals surface area contributed by atoms with Crippen LogP contribution < -0.4 is 14.7 Å². The van der Waals surface area contributed by atoms with Crippen molar-refractivity contribution in [1.29, 1.82) is 0 Å². The van der Waals surface area contributed by atoms with E-state index >= 15 is 0 Å². The van der Waals surface area contributed by atoms with Crippen LogP contribution in [0.25, 0.3) is 0 Å². The van der Waals surface area contributed by atoms with Gasteiger partial charge >= 0.3 is 0 Å². The topological polar surface area (TPSA) is 59.0 Å². The minimum absolute atomic E-state index is 0.343. The molecule has 0 aromatic carbocycles. The van der Waals surface area contributed by atoms with E-state index in [1.807, 2.05) is 0 Å². The van der Waals surface area contributed by atoms with Gasteiger partial charge < -0.3 is 19.8 Å². The predicted molar refractivity (Wildman–Crippen MR) is 128 cm³/mol. The molecule has 0 unspecified atom stereocenters. The Morgan fingerprint density at radius 1 is 0.613 bits per heavy atom. The van der Waals surface area contributed by atoms with E-state index in [1.165, 1.54) is 64.3 Å². The van der Waals surface area contributed by atoms with Gasteiger partial charge in [0, 0.05) is 65.0 Å². The fourth-order valence-corrected chi connectivity index (χ4v) is 5.09. The molecule has 174 valence electrons. The van der Waals surface area contributed by atoms with Crippen LogP contribution in [0.5, 0.6) is 0 Å². The standard InChI is InChI=1S/C24H42N6O/c31-20-10-4-2-1-3-5-11-27-16-18-29(19-17-27)23-21-22(28-12-6-7-13-28)25-24(26-23)30-14-8-9-15-30/h21,31H,1-20H2. The number of rotatable bonds is 11. The van der Waals surface area contributed by atoms with Gasteiger partial charge in [-0.2, -0.15) is 9.97 Å². The second kappa shape index (κ2) is 11.9. The first-order valence-corrected chi connectivity index (χ1v) is 12.8. The lowest BCUT2D eigenvalue weighted by Crippen LogP contribution is -2.47. The Bertz CT molecular complexity index is 617. The lowest BCUT2D eigenvalue weighted by Gasteiger charge is -2.36. The molecule has 0 bridgehead atoms. The third-order valence-electron chi connectivity index (χ3n) is 7.09. The predicted octanol–water partition coefficient (Wildman–Crippen LogP) is 3.13. The molecule has 0 saturated carbocycles. The number of nitrogens with zero attached hydrogens (tertiary/aromatic N) is 6. The number of piperazine rings is 1. The van der Waals surface area contributed by atoms with E-state index < -0.39 is 0 Å². The van der Waals surface area contributed by atoms with Gasteiger partial charge in [-0.3, -0.25) is 4.90 Å². The van der Waals surface area contributed by atoms with E-state index in [1.54, 1.807) is 0 Å². The Balaban J connectivity index is 1.29. The van der Waals surface area contributed by atoms with Crippen LogP contribution in [0.3, 0.4) is 0 Å². The van der Waals surface area contributed by atoms with Gasteiger partial charge in [-0.15, -0.1) is 0 Å². The van der Waals surface area contributed by atoms with Crippen LogP contribution in [0.1, 0.15) is 64.2 Å². The number of aliphatic hydroxyl groups excluding tert-OH is 1. The SMILES string of the molecule is OCCCCCCCCN1CCN(c2cc(N3CCCC3)nc(N3CCCC3)n2)CC1. The van der Waals surface area contributed by atoms with E-state index in [-0.39, 0.29) is 0 Å². The van der Waals surface area contributed by atoms with Crippen molar-refractivity contribution in [2.75, 3.05) is 80.2 Å². The van der Waals surface area contributed by atoms with Crippen molar-refractivity contribution < 1.29 is 5.11 Å². The summed E-state index contributed by atoms with van der Waals surface area (Å²) in [5.41, 5.74) is 0. The third-order valence-corrected chi connectivity index (χ3v) is 7.09. The maximum atomic E-state index is 8.86. The number of aliphatic hydroxyl groups is 1. The number of hydrogen-bond acceptors (Lipinski definition) is 7. The van der Waals surface area contributed by atoms with Gasteiger partial charge in [0.15, 0.2) is 0 Å². The van der Waals surface area contributed by atoms with Crippen LogP contribution in [0.2, 0.25) is 0 Å². The number of hydrogen-bond donors (Lipinski definition) is 1. The Kier molecular flexibility index (Phi) is 8.64. The number of unbranched alkanes of at least 4 members (excludes halogenated alkanes) is 5. The quantitative estimate of drug-likeness (QED) is 0.541. The molecule has 3 aliphatic heterocycles. The van der Waals surface area contributed by atoms with Crippen molar-refractivity contribution in [3.05, 3.63) is 6.07 Å². The Morgan fingerprint density at radius 3 is 1.74 bits per heavy atom. The van der Waals surface area contributed by atoms with Gasteiger partial charge in [0.05, 0.1) is 0 Å². The van der Waals surface area contributed by atoms with E-state index in [4.69, 9.17) is 15.1 Å². The monoisotopic (exact) mass is 430 g/mol. The van der Waals surface area contributed by atoms with E-state index in [2.05, 4.69) is 25.7 Å². The van der Waals surface area contributed by atoms with Crippen LogP contribution in [0.4, 0.5) is 17.6 Å². The van der Waals surface area contributed by atoms with Gasteiger partial charge in [0.25, 0.3) is 0 Å². The van der Waals surface area contributed by atoms with Crippen LogP contribution in [0, 0.1) is 0 Å². The summed E-state index contributed by atoms with van der Waals surface area (Å²) in [6, 6.07) is 2.24. The summed E-state index contributed by atoms with van der Waals surface area (Å²) in [5, 5.41) is 8.86. The van der Waals surface area contributed by atoms with Crippen LogP contribution in [0.15, 0.2) is 6.07 Å². The van der Waals surface area contributed by atoms with E-state index in [0.29, 0.717) is 6.61 Å². The molecule has 0 aliphatic carbocycles. The summed E-state index contributed by atoms with van der Waals surface area (Å²) in [6.07, 6.45) is 12.4. The molecule has 0 amide bonds. The summed E-state index contributed by atoms with van der Waals surface area (Å²) in [4.78, 5) is 19.9. The van der Waals surface area contributed by atoms with Crippen molar-refractivity contribution in [3.63, 3.8) is 0 Å². The molecule has 0 atom stereocenters. The smallest absolute Gasteiger partial charge is 0.229 e. The molecule has 3 aliphatic rings. The normalized spacial score (nSPS) is 20.2. The second-order valence-electron chi connectivity index (χ2n) is 9.45. The zero-order valence-corrected chi connectivity index (χ0v) is 19.3. The first kappa shape index (κ1) is 22.6. The van der Waals surface area contributed by atoms with Crippen molar-refractivity contribution >= 4 is 17.6 Å². The van der Waals surface area contributed by atoms with Gasteiger partial charge in [-0.05, 0) is 45.1 Å². The van der Waals surface area contributed by atoms with Crippen molar-refractivity contribution in [3.8, 4) is 0 Å². The Morgan fingerprint density at radius 2 is 1.13 bits per heavy atom. The summed E-state index contributed by atoms with van der Waals surface area (Å²) in [5.74, 6) is 3.20. The largest absolute Gasteiger partial charge is 0.396 e. The van der Waals surface area contributed by atoms with Gasteiger partial charge in [0.2, 0.25) is 5.95 Å². The van der Waals surface area contributed by atoms with E-state index in [9.17, 15) is 0 Å². The molecule has 0 radical (unpaired) electrons. The highest BCUT2D eigenvalue weighted by Gasteiger charge is 2.24. The Hall–Kier alpha value is -1.60. The summed E-state index contributed by atoms with van der Waals surface area (Å²) in [6.45, 7) is 10.4. The molecule has 7 nitrogen and oxygen atoms in total. The molecule has 3 fully saturated rings. The fourth-order valence-electron chi connectivity index (χ4n) is 5.09. The summed E-state index contributed by atoms with van der Waals surface area (Å²) >= 11 is 0. The number of aromatic nitrogens is 2. The maximum Gasteiger partial charge on any atom is 0.229 e. The molecular formula is C24H42N6O. The fraction of sp³-hybridized carbons (Fsp3) is 0.833. The van der Waals surface area contributed by atoms with Gasteiger partial charge in [-0.1, -0.05) is 25.7 Å². The molecule has 3 saturated heterocycles. The Labute approximate surface area is 188 Å². The van der Waals surface area contributed by atoms with Crippen molar-refractivity contribution in [2.24, 2.45) is 0 Å². The number of anilines is 3. The molecule has 1 aromatic rings. The van der Waals surface area contributed by atoms with Crippen molar-refractivity contribution in [2.45, 2.75) is 64.2 Å². The molecule has 7 heteroatoms. The minimum Gasteiger partial charge on any atom is -0.396 e. The first-order chi connectivity index (χ1) is 15.3. The van der Waals surface area contributed by atoms with Crippen LogP contribution in [-0.2, 0) is 0 Å². The molecule has 0 spiro atoms. The lowest BCUT2D eigenvalue weighted by atomic mass is 10.1. The molecule has 4 heterocycles. The average Bonchev–Trinajstić information content (AvgIpc) is 3.53. The zero-order valence-electron chi connectivity index (χ0n) is 19.3. The maximum absolute atomic E-state index is 8.86. The highest BCUT2D eigenvalue weighted by Crippen LogP contribution is 2.27. The van der Waals surface area contributed by atoms with Crippen LogP contribution in [-0.4, -0.2) is 85.5 Å². The highest BCUT2D eigenvalue weighted by atomic mass is 16.2. The van der Waals surface area contributed by atoms with Gasteiger partial charge in [-0.25, -0.2) is 0 Å². The van der Waals surface area contributed by atoms with Crippen molar-refractivity contribution in [1.82, 2.24) is 14.9 Å². The lowest BCUT2D eigenvalue weighted by molar-refractivity contribution is 0.250. The first-order valence-electron chi connectivity index (χ1n) is 12.8. The molecular weight excluding hydrogens is 388 g/mol. The highest BCUT2D eigenvalue weighted by molar-refractivity contribution is 5.56. The molecule has 31 heavy (non-hydrogen) atoms. The molecule has 1 N–H and O–H groups in total. The minimum atomic E-state index is 0.343. The summed E-state index contributed by atoms with van der Waals surface area (Å²) < 4.78 is 0. The van der Waals surface area contributed by atoms with Gasteiger partial charge in [0.1, 0.15) is 11.6 Å². The zero-order chi connectivity index (χ0) is 21.3. The van der Waals surface area contributed by atoms with Crippen LogP contribution >= 0.6 is 0 Å². The molecule has 4 rings (SSSR count). The van der Waals surface area contributed by atoms with E-state index in [0.717, 1.165) is 76.4 Å². The third kappa shape index (κ3) is 6.45.